The van der Waals surface area contributed by atoms with Crippen LogP contribution in [0.5, 0.6) is 11.5 Å². The fourth-order valence-corrected chi connectivity index (χ4v) is 1.54. The third-order valence-electron chi connectivity index (χ3n) is 2.13. The number of carbonyl (C=O) groups is 1. The van der Waals surface area contributed by atoms with Gasteiger partial charge in [-0.05, 0) is 24.3 Å². The maximum atomic E-state index is 10.8. The molecule has 0 aromatic heterocycles. The number of benzene rings is 2. The van der Waals surface area contributed by atoms with E-state index in [0.717, 1.165) is 11.2 Å². The highest BCUT2D eigenvalue weighted by molar-refractivity contribution is 7.80. The largest absolute Gasteiger partial charge is 0.455 e. The molecule has 0 spiro atoms. The molecule has 0 aliphatic heterocycles. The zero-order valence-corrected chi connectivity index (χ0v) is 9.35. The van der Waals surface area contributed by atoms with Crippen molar-refractivity contribution in [3.8, 4) is 11.5 Å². The number of aldehydes is 1. The summed E-state index contributed by atoms with van der Waals surface area (Å²) < 4.78 is 5.62. The number of thiol groups is 1. The van der Waals surface area contributed by atoms with Crippen molar-refractivity contribution < 1.29 is 9.53 Å². The van der Waals surface area contributed by atoms with Crippen LogP contribution in [-0.2, 0) is 0 Å². The SMILES string of the molecule is O=Cc1ccccc1Oc1ccccc1S. The van der Waals surface area contributed by atoms with Gasteiger partial charge in [-0.2, -0.15) is 0 Å². The average Bonchev–Trinajstić information content (AvgIpc) is 2.33. The molecule has 0 atom stereocenters. The summed E-state index contributed by atoms with van der Waals surface area (Å²) in [7, 11) is 0. The van der Waals surface area contributed by atoms with E-state index in [1.165, 1.54) is 0 Å². The fourth-order valence-electron chi connectivity index (χ4n) is 1.33. The van der Waals surface area contributed by atoms with Gasteiger partial charge in [-0.15, -0.1) is 12.6 Å². The lowest BCUT2D eigenvalue weighted by atomic mass is 10.2. The summed E-state index contributed by atoms with van der Waals surface area (Å²) in [5.74, 6) is 1.18. The Balaban J connectivity index is 2.34. The first kappa shape index (κ1) is 10.8. The summed E-state index contributed by atoms with van der Waals surface area (Å²) in [4.78, 5) is 11.5. The molecule has 0 fully saturated rings. The predicted octanol–water partition coefficient (Wildman–Crippen LogP) is 3.58. The molecule has 3 heteroatoms. The van der Waals surface area contributed by atoms with Gasteiger partial charge in [-0.1, -0.05) is 24.3 Å². The Kier molecular flexibility index (Phi) is 3.27. The molecular weight excluding hydrogens is 220 g/mol. The van der Waals surface area contributed by atoms with Gasteiger partial charge >= 0.3 is 0 Å². The smallest absolute Gasteiger partial charge is 0.153 e. The van der Waals surface area contributed by atoms with Crippen molar-refractivity contribution in [1.29, 1.82) is 0 Å². The van der Waals surface area contributed by atoms with Crippen molar-refractivity contribution in [2.24, 2.45) is 0 Å². The van der Waals surface area contributed by atoms with E-state index in [9.17, 15) is 4.79 Å². The van der Waals surface area contributed by atoms with E-state index in [-0.39, 0.29) is 0 Å². The van der Waals surface area contributed by atoms with Gasteiger partial charge in [0.2, 0.25) is 0 Å². The summed E-state index contributed by atoms with van der Waals surface area (Å²) in [6.07, 6.45) is 0.774. The molecule has 0 aliphatic rings. The lowest BCUT2D eigenvalue weighted by molar-refractivity contribution is 0.112. The van der Waals surface area contributed by atoms with Gasteiger partial charge in [-0.25, -0.2) is 0 Å². The van der Waals surface area contributed by atoms with E-state index in [1.807, 2.05) is 30.3 Å². The third kappa shape index (κ3) is 2.25. The molecular formula is C13H10O2S. The highest BCUT2D eigenvalue weighted by Gasteiger charge is 2.04. The summed E-state index contributed by atoms with van der Waals surface area (Å²) in [6, 6.07) is 14.5. The van der Waals surface area contributed by atoms with Gasteiger partial charge in [0.15, 0.2) is 6.29 Å². The Hall–Kier alpha value is -1.74. The zero-order valence-electron chi connectivity index (χ0n) is 8.46. The fraction of sp³-hybridized carbons (Fsp3) is 0. The number of hydrogen-bond donors (Lipinski definition) is 1. The van der Waals surface area contributed by atoms with Crippen molar-refractivity contribution in [1.82, 2.24) is 0 Å². The van der Waals surface area contributed by atoms with Crippen LogP contribution in [0.3, 0.4) is 0 Å². The first-order valence-corrected chi connectivity index (χ1v) is 5.26. The highest BCUT2D eigenvalue weighted by Crippen LogP contribution is 2.28. The quantitative estimate of drug-likeness (QED) is 0.644. The summed E-state index contributed by atoms with van der Waals surface area (Å²) >= 11 is 4.28. The molecule has 80 valence electrons. The van der Waals surface area contributed by atoms with E-state index >= 15 is 0 Å². The molecule has 0 unspecified atom stereocenters. The van der Waals surface area contributed by atoms with Crippen LogP contribution < -0.4 is 4.74 Å². The third-order valence-corrected chi connectivity index (χ3v) is 2.50. The molecule has 2 rings (SSSR count). The molecule has 2 aromatic rings. The monoisotopic (exact) mass is 230 g/mol. The summed E-state index contributed by atoms with van der Waals surface area (Å²) in [6.45, 7) is 0. The number of hydrogen-bond acceptors (Lipinski definition) is 3. The Bertz CT molecular complexity index is 509. The van der Waals surface area contributed by atoms with Crippen LogP contribution in [0.1, 0.15) is 10.4 Å². The van der Waals surface area contributed by atoms with Crippen molar-refractivity contribution in [2.75, 3.05) is 0 Å². The van der Waals surface area contributed by atoms with Crippen molar-refractivity contribution >= 4 is 18.9 Å². The molecule has 0 heterocycles. The molecule has 0 saturated heterocycles. The molecule has 0 bridgehead atoms. The Labute approximate surface area is 99.3 Å². The summed E-state index contributed by atoms with van der Waals surface area (Å²) in [5, 5.41) is 0. The Morgan fingerprint density at radius 1 is 0.938 bits per heavy atom. The van der Waals surface area contributed by atoms with Gasteiger partial charge in [0.05, 0.1) is 5.56 Å². The van der Waals surface area contributed by atoms with Crippen molar-refractivity contribution in [3.05, 3.63) is 54.1 Å². The van der Waals surface area contributed by atoms with Crippen LogP contribution in [0.25, 0.3) is 0 Å². The zero-order chi connectivity index (χ0) is 11.4. The van der Waals surface area contributed by atoms with Crippen LogP contribution in [0.15, 0.2) is 53.4 Å². The van der Waals surface area contributed by atoms with Crippen molar-refractivity contribution in [2.45, 2.75) is 4.90 Å². The molecule has 16 heavy (non-hydrogen) atoms. The van der Waals surface area contributed by atoms with E-state index in [4.69, 9.17) is 4.74 Å². The molecule has 0 N–H and O–H groups in total. The lowest BCUT2D eigenvalue weighted by Gasteiger charge is -2.09. The normalized spacial score (nSPS) is 9.81. The topological polar surface area (TPSA) is 26.3 Å². The predicted molar refractivity (Wildman–Crippen MR) is 65.6 cm³/mol. The Morgan fingerprint density at radius 2 is 1.56 bits per heavy atom. The molecule has 2 aromatic carbocycles. The van der Waals surface area contributed by atoms with Crippen LogP contribution in [0, 0.1) is 0 Å². The number of carbonyl (C=O) groups excluding carboxylic acids is 1. The molecule has 0 aliphatic carbocycles. The first-order valence-electron chi connectivity index (χ1n) is 4.81. The highest BCUT2D eigenvalue weighted by atomic mass is 32.1. The maximum Gasteiger partial charge on any atom is 0.153 e. The van der Waals surface area contributed by atoms with Gasteiger partial charge < -0.3 is 4.74 Å². The second-order valence-electron chi connectivity index (χ2n) is 3.23. The lowest BCUT2D eigenvalue weighted by Crippen LogP contribution is -1.90. The second-order valence-corrected chi connectivity index (χ2v) is 3.71. The second kappa shape index (κ2) is 4.86. The average molecular weight is 230 g/mol. The first-order chi connectivity index (χ1) is 7.81. The molecule has 2 nitrogen and oxygen atoms in total. The maximum absolute atomic E-state index is 10.8. The van der Waals surface area contributed by atoms with Gasteiger partial charge in [0.1, 0.15) is 11.5 Å². The van der Waals surface area contributed by atoms with Gasteiger partial charge in [0, 0.05) is 4.90 Å². The van der Waals surface area contributed by atoms with E-state index in [1.54, 1.807) is 18.2 Å². The van der Waals surface area contributed by atoms with Crippen LogP contribution in [-0.4, -0.2) is 6.29 Å². The van der Waals surface area contributed by atoms with Gasteiger partial charge in [-0.3, -0.25) is 4.79 Å². The number of para-hydroxylation sites is 2. The standard InChI is InChI=1S/C13H10O2S/c14-9-10-5-1-2-6-11(10)15-12-7-3-4-8-13(12)16/h1-9,16H. The van der Waals surface area contributed by atoms with Crippen LogP contribution >= 0.6 is 12.6 Å². The minimum absolute atomic E-state index is 0.527. The van der Waals surface area contributed by atoms with E-state index in [0.29, 0.717) is 17.1 Å². The molecule has 0 amide bonds. The molecule has 0 saturated carbocycles. The number of ether oxygens (including phenoxy) is 1. The van der Waals surface area contributed by atoms with Crippen LogP contribution in [0.2, 0.25) is 0 Å². The van der Waals surface area contributed by atoms with Crippen molar-refractivity contribution in [3.63, 3.8) is 0 Å². The van der Waals surface area contributed by atoms with E-state index in [2.05, 4.69) is 12.6 Å². The summed E-state index contributed by atoms with van der Waals surface area (Å²) in [5.41, 5.74) is 0.527. The van der Waals surface area contributed by atoms with Crippen LogP contribution in [0.4, 0.5) is 0 Å². The van der Waals surface area contributed by atoms with Gasteiger partial charge in [0.25, 0.3) is 0 Å². The number of rotatable bonds is 3. The molecule has 0 radical (unpaired) electrons. The van der Waals surface area contributed by atoms with E-state index < -0.39 is 0 Å². The Morgan fingerprint density at radius 3 is 2.25 bits per heavy atom. The minimum Gasteiger partial charge on any atom is -0.455 e. The minimum atomic E-state index is 0.527.